The third kappa shape index (κ3) is 6.35. The zero-order valence-corrected chi connectivity index (χ0v) is 32.1. The van der Waals surface area contributed by atoms with Crippen molar-refractivity contribution in [3.05, 3.63) is 36.5 Å². The van der Waals surface area contributed by atoms with Crippen LogP contribution in [0, 0.1) is 52.3 Å². The summed E-state index contributed by atoms with van der Waals surface area (Å²) >= 11 is 0. The summed E-state index contributed by atoms with van der Waals surface area (Å²) in [6.45, 7) is 25.8. The summed E-state index contributed by atoms with van der Waals surface area (Å²) in [6, 6.07) is 5.10. The highest BCUT2D eigenvalue weighted by molar-refractivity contribution is 8.14. The minimum Gasteiger partial charge on any atom is -0.354 e. The molecule has 1 aromatic rings. The Balaban J connectivity index is 0.00000124. The van der Waals surface area contributed by atoms with Crippen molar-refractivity contribution in [3.8, 4) is 0 Å². The second-order valence-electron chi connectivity index (χ2n) is 17.8. The molecule has 3 heterocycles. The van der Waals surface area contributed by atoms with E-state index in [9.17, 15) is 0 Å². The Morgan fingerprint density at radius 3 is 2.43 bits per heavy atom. The summed E-state index contributed by atoms with van der Waals surface area (Å²) in [5.74, 6) is 11.7. The van der Waals surface area contributed by atoms with Crippen molar-refractivity contribution in [1.29, 1.82) is 0 Å². The third-order valence-corrected chi connectivity index (χ3v) is 17.3. The van der Waals surface area contributed by atoms with Crippen LogP contribution in [-0.2, 0) is 0 Å². The number of nitrogens with one attached hydrogen (secondary N) is 1. The normalized spacial score (nSPS) is 41.9. The highest BCUT2D eigenvalue weighted by Crippen LogP contribution is 2.75. The van der Waals surface area contributed by atoms with Gasteiger partial charge in [0.05, 0.1) is 0 Å². The van der Waals surface area contributed by atoms with E-state index in [1.165, 1.54) is 133 Å². The molecule has 9 atom stereocenters. The predicted octanol–water partition coefficient (Wildman–Crippen LogP) is 9.21. The van der Waals surface area contributed by atoms with E-state index in [0.717, 1.165) is 23.7 Å². The summed E-state index contributed by atoms with van der Waals surface area (Å²) in [4.78, 5) is 10.2. The smallest absolute Gasteiger partial charge is 0.128 e. The van der Waals surface area contributed by atoms with Gasteiger partial charge in [0.2, 0.25) is 0 Å². The Labute approximate surface area is 292 Å². The van der Waals surface area contributed by atoms with E-state index in [1.807, 2.05) is 6.92 Å². The standard InChI is InChI=1S/C39H64N4S.C3H6/c1-29-10-13-35(41-27-29)43-22-19-36(3)31(30(43)2)14-16-38(5)34(36)12-11-32-33-9-7-15-39(33,18-17-37(32,38)4)28-40-20-8-21-42-23-25-44(6)26-24-42;1-3-2/h10,13,27,30-34,40H,6-9,11-12,14-26,28H2,1-5H3;3H,1H2,2H3/t30?,31?,32?,33-,34?,36?,37-,38?,39?;/m1./s1. The van der Waals surface area contributed by atoms with Gasteiger partial charge in [-0.2, -0.15) is 10.5 Å². The van der Waals surface area contributed by atoms with Crippen LogP contribution >= 0.6 is 10.5 Å². The van der Waals surface area contributed by atoms with Crippen LogP contribution in [0.5, 0.6) is 0 Å². The van der Waals surface area contributed by atoms with Gasteiger partial charge in [0.15, 0.2) is 0 Å². The second-order valence-corrected chi connectivity index (χ2v) is 19.8. The van der Waals surface area contributed by atoms with E-state index in [1.54, 1.807) is 6.08 Å². The minimum atomic E-state index is 0.433. The van der Waals surface area contributed by atoms with Crippen LogP contribution in [0.2, 0.25) is 0 Å². The van der Waals surface area contributed by atoms with Gasteiger partial charge in [0.25, 0.3) is 0 Å². The van der Waals surface area contributed by atoms with Gasteiger partial charge < -0.3 is 15.1 Å². The van der Waals surface area contributed by atoms with Gasteiger partial charge in [-0.3, -0.25) is 0 Å². The van der Waals surface area contributed by atoms with Crippen LogP contribution < -0.4 is 10.2 Å². The first-order valence-corrected chi connectivity index (χ1v) is 21.4. The predicted molar refractivity (Wildman–Crippen MR) is 207 cm³/mol. The lowest BCUT2D eigenvalue weighted by Crippen LogP contribution is -2.67. The van der Waals surface area contributed by atoms with Crippen molar-refractivity contribution < 1.29 is 0 Å². The van der Waals surface area contributed by atoms with Crippen LogP contribution in [0.4, 0.5) is 5.82 Å². The van der Waals surface area contributed by atoms with Crippen LogP contribution in [0.1, 0.15) is 111 Å². The fourth-order valence-corrected chi connectivity index (χ4v) is 14.2. The number of hydrogen-bond acceptors (Lipinski definition) is 4. The Bertz CT molecular complexity index is 1240. The molecule has 7 rings (SSSR count). The SMILES string of the molecule is C=CC.C=S1CCN(CCCNCC23CCC[C@@H]2C2CCC4C5(C)CCN(c6ccc(C)cn6)C(C)C5CCC4(C)[C@]2(C)CC3)CC1. The average Bonchev–Trinajstić information content (AvgIpc) is 3.47. The molecule has 6 aliphatic rings. The molecular weight excluding hydrogens is 593 g/mol. The van der Waals surface area contributed by atoms with Gasteiger partial charge in [0, 0.05) is 49.9 Å². The molecule has 5 heteroatoms. The lowest BCUT2D eigenvalue weighted by molar-refractivity contribution is -0.219. The molecule has 4 saturated carbocycles. The Morgan fingerprint density at radius 1 is 0.936 bits per heavy atom. The first-order chi connectivity index (χ1) is 22.5. The number of pyridine rings is 1. The highest BCUT2D eigenvalue weighted by Gasteiger charge is 2.68. The van der Waals surface area contributed by atoms with Crippen molar-refractivity contribution >= 4 is 22.2 Å². The number of aromatic nitrogens is 1. The van der Waals surface area contributed by atoms with Crippen molar-refractivity contribution in [2.45, 2.75) is 118 Å². The number of aryl methyl sites for hydroxylation is 1. The second kappa shape index (κ2) is 14.2. The zero-order chi connectivity index (χ0) is 33.5. The number of nitrogens with zero attached hydrogens (tertiary/aromatic N) is 3. The maximum Gasteiger partial charge on any atom is 0.128 e. The first kappa shape index (κ1) is 35.6. The third-order valence-electron chi connectivity index (χ3n) is 15.7. The molecule has 0 aromatic carbocycles. The lowest BCUT2D eigenvalue weighted by Gasteiger charge is -2.72. The molecule has 2 saturated heterocycles. The highest BCUT2D eigenvalue weighted by atomic mass is 32.2. The summed E-state index contributed by atoms with van der Waals surface area (Å²) < 4.78 is 0. The molecule has 7 unspecified atom stereocenters. The van der Waals surface area contributed by atoms with Crippen LogP contribution in [0.25, 0.3) is 0 Å². The molecular formula is C42H70N4S. The molecule has 6 fully saturated rings. The van der Waals surface area contributed by atoms with E-state index in [2.05, 4.69) is 80.5 Å². The number of anilines is 1. The largest absolute Gasteiger partial charge is 0.354 e. The van der Waals surface area contributed by atoms with Gasteiger partial charge in [-0.1, -0.05) is 45.2 Å². The lowest BCUT2D eigenvalue weighted by atomic mass is 9.34. The average molecular weight is 663 g/mol. The minimum absolute atomic E-state index is 0.433. The monoisotopic (exact) mass is 663 g/mol. The summed E-state index contributed by atoms with van der Waals surface area (Å²) in [6.07, 6.45) is 19.7. The Hall–Kier alpha value is -1.17. The number of fused-ring (bicyclic) bond motifs is 7. The molecule has 4 aliphatic carbocycles. The van der Waals surface area contributed by atoms with Crippen LogP contribution in [-0.4, -0.2) is 72.6 Å². The maximum atomic E-state index is 4.88. The molecule has 47 heavy (non-hydrogen) atoms. The van der Waals surface area contributed by atoms with Crippen molar-refractivity contribution in [2.75, 3.05) is 55.7 Å². The maximum absolute atomic E-state index is 4.88. The molecule has 1 N–H and O–H groups in total. The molecule has 4 nitrogen and oxygen atoms in total. The van der Waals surface area contributed by atoms with Crippen molar-refractivity contribution in [2.24, 2.45) is 45.3 Å². The van der Waals surface area contributed by atoms with E-state index in [4.69, 9.17) is 4.98 Å². The number of piperidine rings is 1. The summed E-state index contributed by atoms with van der Waals surface area (Å²) in [5, 5.41) is 4.06. The molecule has 0 bridgehead atoms. The van der Waals surface area contributed by atoms with Gasteiger partial charge in [-0.15, -0.1) is 6.58 Å². The number of rotatable bonds is 7. The van der Waals surface area contributed by atoms with Crippen LogP contribution in [0.15, 0.2) is 31.0 Å². The first-order valence-electron chi connectivity index (χ1n) is 19.7. The molecule has 0 radical (unpaired) electrons. The van der Waals surface area contributed by atoms with Gasteiger partial charge >= 0.3 is 0 Å². The topological polar surface area (TPSA) is 31.4 Å². The zero-order valence-electron chi connectivity index (χ0n) is 31.3. The molecule has 0 spiro atoms. The number of hydrogen-bond donors (Lipinski definition) is 1. The molecule has 1 aromatic heterocycles. The van der Waals surface area contributed by atoms with E-state index in [-0.39, 0.29) is 0 Å². The van der Waals surface area contributed by atoms with E-state index < -0.39 is 0 Å². The van der Waals surface area contributed by atoms with Gasteiger partial charge in [0.1, 0.15) is 5.82 Å². The Morgan fingerprint density at radius 2 is 1.70 bits per heavy atom. The molecule has 2 aliphatic heterocycles. The Kier molecular flexibility index (Phi) is 10.8. The van der Waals surface area contributed by atoms with Crippen molar-refractivity contribution in [1.82, 2.24) is 15.2 Å². The van der Waals surface area contributed by atoms with Crippen LogP contribution in [0.3, 0.4) is 0 Å². The molecule has 0 amide bonds. The molecule has 264 valence electrons. The van der Waals surface area contributed by atoms with Gasteiger partial charge in [-0.05, 0) is 155 Å². The van der Waals surface area contributed by atoms with E-state index in [0.29, 0.717) is 38.2 Å². The summed E-state index contributed by atoms with van der Waals surface area (Å²) in [7, 11) is 0.433. The quantitative estimate of drug-likeness (QED) is 0.179. The number of allylic oxidation sites excluding steroid dienone is 1. The van der Waals surface area contributed by atoms with Crippen molar-refractivity contribution in [3.63, 3.8) is 0 Å². The fraction of sp³-hybridized carbons (Fsp3) is 0.810. The van der Waals surface area contributed by atoms with Gasteiger partial charge in [-0.25, -0.2) is 4.98 Å². The van der Waals surface area contributed by atoms with E-state index >= 15 is 0 Å². The fourth-order valence-electron chi connectivity index (χ4n) is 13.0. The summed E-state index contributed by atoms with van der Waals surface area (Å²) in [5.41, 5.74) is 3.27.